The summed E-state index contributed by atoms with van der Waals surface area (Å²) in [5, 5.41) is 0. The van der Waals surface area contributed by atoms with Crippen molar-refractivity contribution in [3.63, 3.8) is 0 Å². The second kappa shape index (κ2) is 11.5. The van der Waals surface area contributed by atoms with Gasteiger partial charge in [0.05, 0.1) is 13.2 Å². The average molecular weight is 574 g/mol. The molecule has 0 aromatic heterocycles. The minimum atomic E-state index is -0.477. The fourth-order valence-corrected chi connectivity index (χ4v) is 6.59. The van der Waals surface area contributed by atoms with Crippen LogP contribution < -0.4 is 14.4 Å². The van der Waals surface area contributed by atoms with E-state index in [1.807, 2.05) is 56.0 Å². The molecule has 3 aliphatic rings. The van der Waals surface area contributed by atoms with Gasteiger partial charge in [0.25, 0.3) is 0 Å². The molecule has 3 aliphatic heterocycles. The van der Waals surface area contributed by atoms with E-state index in [0.29, 0.717) is 19.2 Å². The summed E-state index contributed by atoms with van der Waals surface area (Å²) in [5.41, 5.74) is 4.16. The Balaban J connectivity index is 1.10. The number of carbonyl (C=O) groups is 1. The second-order valence-corrected chi connectivity index (χ2v) is 12.5. The summed E-state index contributed by atoms with van der Waals surface area (Å²) in [5.74, 6) is 1.45. The van der Waals surface area contributed by atoms with E-state index >= 15 is 0 Å². The zero-order chi connectivity index (χ0) is 29.4. The van der Waals surface area contributed by atoms with E-state index in [9.17, 15) is 9.18 Å². The van der Waals surface area contributed by atoms with Crippen LogP contribution in [0.2, 0.25) is 0 Å². The zero-order valence-electron chi connectivity index (χ0n) is 24.9. The molecule has 1 amide bonds. The van der Waals surface area contributed by atoms with E-state index in [4.69, 9.17) is 14.2 Å². The van der Waals surface area contributed by atoms with Crippen molar-refractivity contribution < 1.29 is 23.4 Å². The number of hydrogen-bond donors (Lipinski definition) is 0. The number of fused-ring (bicyclic) bond motifs is 3. The molecule has 3 atom stereocenters. The lowest BCUT2D eigenvalue weighted by atomic mass is 9.87. The van der Waals surface area contributed by atoms with E-state index in [1.165, 1.54) is 23.3 Å². The van der Waals surface area contributed by atoms with Gasteiger partial charge < -0.3 is 24.0 Å². The summed E-state index contributed by atoms with van der Waals surface area (Å²) in [4.78, 5) is 19.2. The molecule has 2 bridgehead atoms. The van der Waals surface area contributed by atoms with Crippen molar-refractivity contribution in [2.75, 3.05) is 44.8 Å². The summed E-state index contributed by atoms with van der Waals surface area (Å²) in [6.07, 6.45) is 1.67. The Labute approximate surface area is 247 Å². The first-order valence-corrected chi connectivity index (χ1v) is 14.8. The zero-order valence-corrected chi connectivity index (χ0v) is 24.9. The van der Waals surface area contributed by atoms with Gasteiger partial charge in [-0.15, -0.1) is 0 Å². The molecule has 7 nitrogen and oxygen atoms in total. The van der Waals surface area contributed by atoms with Crippen LogP contribution in [-0.4, -0.2) is 73.5 Å². The van der Waals surface area contributed by atoms with Gasteiger partial charge in [-0.1, -0.05) is 18.2 Å². The Hall–Kier alpha value is -3.78. The fourth-order valence-electron chi connectivity index (χ4n) is 6.59. The third kappa shape index (κ3) is 5.91. The van der Waals surface area contributed by atoms with Crippen LogP contribution in [0.5, 0.6) is 11.5 Å². The molecule has 3 aromatic carbocycles. The number of anilines is 1. The molecule has 0 N–H and O–H groups in total. The number of nitrogens with zero attached hydrogens (tertiary/aromatic N) is 3. The van der Waals surface area contributed by atoms with E-state index in [2.05, 4.69) is 34.1 Å². The monoisotopic (exact) mass is 573 g/mol. The van der Waals surface area contributed by atoms with Crippen molar-refractivity contribution in [2.45, 2.75) is 57.3 Å². The summed E-state index contributed by atoms with van der Waals surface area (Å²) in [6.45, 7) is 9.51. The first-order valence-electron chi connectivity index (χ1n) is 14.8. The van der Waals surface area contributed by atoms with Gasteiger partial charge in [-0.25, -0.2) is 9.18 Å². The molecule has 0 radical (unpaired) electrons. The molecule has 6 rings (SSSR count). The van der Waals surface area contributed by atoms with E-state index < -0.39 is 5.60 Å². The molecule has 222 valence electrons. The van der Waals surface area contributed by atoms with Crippen LogP contribution in [0, 0.1) is 5.82 Å². The molecule has 3 heterocycles. The highest BCUT2D eigenvalue weighted by Crippen LogP contribution is 2.40. The second-order valence-electron chi connectivity index (χ2n) is 12.5. The normalized spacial score (nSPS) is 21.8. The van der Waals surface area contributed by atoms with E-state index in [1.54, 1.807) is 7.11 Å². The highest BCUT2D eigenvalue weighted by molar-refractivity contribution is 5.69. The highest BCUT2D eigenvalue weighted by Gasteiger charge is 2.46. The Morgan fingerprint density at radius 1 is 0.952 bits per heavy atom. The van der Waals surface area contributed by atoms with Crippen LogP contribution in [0.1, 0.15) is 49.9 Å². The predicted octanol–water partition coefficient (Wildman–Crippen LogP) is 6.06. The van der Waals surface area contributed by atoms with Crippen molar-refractivity contribution in [1.29, 1.82) is 0 Å². The van der Waals surface area contributed by atoms with Crippen molar-refractivity contribution in [1.82, 2.24) is 9.80 Å². The number of benzene rings is 3. The molecule has 2 fully saturated rings. The Bertz CT molecular complexity index is 1410. The van der Waals surface area contributed by atoms with Gasteiger partial charge in [-0.3, -0.25) is 4.90 Å². The number of likely N-dealkylation sites (tertiary alicyclic amines) is 2. The van der Waals surface area contributed by atoms with Crippen LogP contribution in [0.3, 0.4) is 0 Å². The topological polar surface area (TPSA) is 54.5 Å². The number of carbonyl (C=O) groups excluding carboxylic acids is 1. The molecule has 0 saturated carbocycles. The molecule has 8 heteroatoms. The number of piperazine rings is 1. The van der Waals surface area contributed by atoms with Gasteiger partial charge in [-0.05, 0) is 98.8 Å². The van der Waals surface area contributed by atoms with Gasteiger partial charge in [0, 0.05) is 44.0 Å². The molecule has 0 aliphatic carbocycles. The molecule has 42 heavy (non-hydrogen) atoms. The third-order valence-corrected chi connectivity index (χ3v) is 8.56. The van der Waals surface area contributed by atoms with E-state index in [-0.39, 0.29) is 24.0 Å². The Morgan fingerprint density at radius 2 is 1.69 bits per heavy atom. The molecule has 2 saturated heterocycles. The number of ether oxygens (including phenoxy) is 3. The number of rotatable bonds is 7. The summed E-state index contributed by atoms with van der Waals surface area (Å²) >= 11 is 0. The van der Waals surface area contributed by atoms with Gasteiger partial charge in [0.2, 0.25) is 0 Å². The van der Waals surface area contributed by atoms with Gasteiger partial charge in [0.15, 0.2) is 0 Å². The van der Waals surface area contributed by atoms with Crippen LogP contribution in [-0.2, 0) is 11.2 Å². The largest absolute Gasteiger partial charge is 0.497 e. The lowest BCUT2D eigenvalue weighted by Crippen LogP contribution is -2.50. The maximum atomic E-state index is 13.7. The summed E-state index contributed by atoms with van der Waals surface area (Å²) in [7, 11) is 1.69. The third-order valence-electron chi connectivity index (χ3n) is 8.56. The van der Waals surface area contributed by atoms with Crippen LogP contribution in [0.4, 0.5) is 14.9 Å². The fraction of sp³-hybridized carbons (Fsp3) is 0.441. The Kier molecular flexibility index (Phi) is 7.75. The molecule has 1 unspecified atom stereocenters. The van der Waals surface area contributed by atoms with Crippen molar-refractivity contribution in [3.8, 4) is 11.5 Å². The molecular weight excluding hydrogens is 533 g/mol. The number of methoxy groups -OCH3 is 1. The van der Waals surface area contributed by atoms with Gasteiger partial charge in [-0.2, -0.15) is 0 Å². The van der Waals surface area contributed by atoms with Crippen LogP contribution >= 0.6 is 0 Å². The van der Waals surface area contributed by atoms with Crippen LogP contribution in [0.25, 0.3) is 0 Å². The van der Waals surface area contributed by atoms with Crippen molar-refractivity contribution in [2.24, 2.45) is 0 Å². The maximum Gasteiger partial charge on any atom is 0.410 e. The lowest BCUT2D eigenvalue weighted by Gasteiger charge is -2.39. The van der Waals surface area contributed by atoms with Gasteiger partial charge in [0.1, 0.15) is 29.5 Å². The molecule has 3 aromatic rings. The lowest BCUT2D eigenvalue weighted by molar-refractivity contribution is 0.0122. The smallest absolute Gasteiger partial charge is 0.410 e. The first-order chi connectivity index (χ1) is 20.2. The minimum absolute atomic E-state index is 0.00719. The van der Waals surface area contributed by atoms with Crippen LogP contribution in [0.15, 0.2) is 66.7 Å². The number of amides is 1. The molecule has 0 spiro atoms. The van der Waals surface area contributed by atoms with Gasteiger partial charge >= 0.3 is 6.09 Å². The standard InChI is InChI=1S/C34H40FN3O4/c1-34(2,3)42-33(39)38-22-27-20-28(38)21-36(27)17-18-41-29-11-5-23(6-12-29)32-31-14-13-30(40-4)19-24(31)15-16-37(32)26-9-7-25(35)8-10-26/h5-14,19,27-28,32H,15-18,20-22H2,1-4H3/t27-,28-,32?/m1/s1. The van der Waals surface area contributed by atoms with Crippen molar-refractivity contribution >= 4 is 11.8 Å². The van der Waals surface area contributed by atoms with E-state index in [0.717, 1.165) is 55.2 Å². The number of halogens is 1. The quantitative estimate of drug-likeness (QED) is 0.343. The average Bonchev–Trinajstić information content (AvgIpc) is 3.57. The molecular formula is C34H40FN3O4. The summed E-state index contributed by atoms with van der Waals surface area (Å²) in [6, 6.07) is 21.9. The predicted molar refractivity (Wildman–Crippen MR) is 161 cm³/mol. The van der Waals surface area contributed by atoms with Crippen molar-refractivity contribution in [3.05, 3.63) is 89.2 Å². The summed E-state index contributed by atoms with van der Waals surface area (Å²) < 4.78 is 31.0. The number of hydrogen-bond acceptors (Lipinski definition) is 6. The highest BCUT2D eigenvalue weighted by atomic mass is 19.1. The Morgan fingerprint density at radius 3 is 2.36 bits per heavy atom. The first kappa shape index (κ1) is 28.3. The maximum absolute atomic E-state index is 13.7. The minimum Gasteiger partial charge on any atom is -0.497 e. The SMILES string of the molecule is COc1ccc2c(c1)CCN(c1ccc(F)cc1)C2c1ccc(OCCN2C[C@H]3C[C@@H]2CN3C(=O)OC(C)(C)C)cc1.